The van der Waals surface area contributed by atoms with Crippen LogP contribution < -0.4 is 0 Å². The topological polar surface area (TPSA) is 46.6 Å². The van der Waals surface area contributed by atoms with Gasteiger partial charge in [-0.05, 0) is 32.6 Å². The predicted octanol–water partition coefficient (Wildman–Crippen LogP) is 1.91. The van der Waals surface area contributed by atoms with E-state index in [0.717, 1.165) is 19.3 Å². The second-order valence-electron chi connectivity index (χ2n) is 6.08. The van der Waals surface area contributed by atoms with Crippen LogP contribution in [0.4, 0.5) is 0 Å². The van der Waals surface area contributed by atoms with Crippen LogP contribution in [0.15, 0.2) is 0 Å². The molecule has 4 nitrogen and oxygen atoms in total. The van der Waals surface area contributed by atoms with Crippen molar-refractivity contribution in [2.75, 3.05) is 6.61 Å². The molecule has 0 saturated carbocycles. The summed E-state index contributed by atoms with van der Waals surface area (Å²) in [4.78, 5) is 27.0. The molecule has 3 aliphatic rings. The van der Waals surface area contributed by atoms with Gasteiger partial charge in [-0.25, -0.2) is 0 Å². The fraction of sp³-hybridized carbons (Fsp3) is 0.867. The summed E-state index contributed by atoms with van der Waals surface area (Å²) in [5.41, 5.74) is 0. The Labute approximate surface area is 114 Å². The molecule has 4 heteroatoms. The third kappa shape index (κ3) is 2.20. The number of ketones is 1. The Balaban J connectivity index is 1.85. The van der Waals surface area contributed by atoms with Gasteiger partial charge in [0.25, 0.3) is 0 Å². The zero-order valence-corrected chi connectivity index (χ0v) is 11.6. The van der Waals surface area contributed by atoms with E-state index in [9.17, 15) is 9.59 Å². The molecule has 0 aromatic carbocycles. The van der Waals surface area contributed by atoms with Crippen molar-refractivity contribution in [1.29, 1.82) is 0 Å². The summed E-state index contributed by atoms with van der Waals surface area (Å²) in [6.07, 6.45) is 7.48. The zero-order valence-electron chi connectivity index (χ0n) is 11.6. The van der Waals surface area contributed by atoms with Crippen molar-refractivity contribution < 1.29 is 14.3 Å². The van der Waals surface area contributed by atoms with Crippen molar-refractivity contribution in [2.24, 2.45) is 5.92 Å². The maximum absolute atomic E-state index is 12.3. The number of nitrogens with zero attached hydrogens (tertiary/aromatic N) is 1. The molecule has 3 fully saturated rings. The number of piperidine rings is 3. The van der Waals surface area contributed by atoms with Crippen LogP contribution in [-0.2, 0) is 14.3 Å². The molecule has 3 rings (SSSR count). The smallest absolute Gasteiger partial charge is 0.318 e. The molecular formula is C15H23NO3. The summed E-state index contributed by atoms with van der Waals surface area (Å²) < 4.78 is 5.14. The van der Waals surface area contributed by atoms with Crippen LogP contribution in [0, 0.1) is 5.92 Å². The van der Waals surface area contributed by atoms with E-state index in [1.807, 2.05) is 0 Å². The standard InChI is InChI=1S/C15H23NO3/c1-2-19-15(18)14-12-8-4-6-10-5-3-7-11(16(10)12)9-13(14)17/h10-12,14H,2-9H2,1H3/t10-,11+,12-,14-/m0/s1. The predicted molar refractivity (Wildman–Crippen MR) is 70.7 cm³/mol. The first-order valence-corrected chi connectivity index (χ1v) is 7.69. The van der Waals surface area contributed by atoms with Gasteiger partial charge >= 0.3 is 5.97 Å². The van der Waals surface area contributed by atoms with Gasteiger partial charge in [0.05, 0.1) is 6.61 Å². The summed E-state index contributed by atoms with van der Waals surface area (Å²) in [6, 6.07) is 1.11. The van der Waals surface area contributed by atoms with Gasteiger partial charge in [-0.2, -0.15) is 0 Å². The monoisotopic (exact) mass is 265 g/mol. The second kappa shape index (κ2) is 5.23. The molecule has 19 heavy (non-hydrogen) atoms. The number of carbonyl (C=O) groups is 2. The molecule has 0 N–H and O–H groups in total. The van der Waals surface area contributed by atoms with Crippen LogP contribution in [0.25, 0.3) is 0 Å². The molecule has 3 heterocycles. The normalized spacial score (nSPS) is 38.7. The zero-order chi connectivity index (χ0) is 13.4. The van der Waals surface area contributed by atoms with Crippen molar-refractivity contribution >= 4 is 11.8 Å². The van der Waals surface area contributed by atoms with Crippen LogP contribution >= 0.6 is 0 Å². The Morgan fingerprint density at radius 1 is 1.21 bits per heavy atom. The van der Waals surface area contributed by atoms with Crippen molar-refractivity contribution in [2.45, 2.75) is 70.0 Å². The van der Waals surface area contributed by atoms with Crippen molar-refractivity contribution in [3.05, 3.63) is 0 Å². The lowest BCUT2D eigenvalue weighted by molar-refractivity contribution is -0.163. The van der Waals surface area contributed by atoms with Crippen molar-refractivity contribution in [3.8, 4) is 0 Å². The number of Topliss-reactive ketones (excluding diaryl/α,β-unsaturated/α-hetero) is 1. The first-order valence-electron chi connectivity index (χ1n) is 7.69. The van der Waals surface area contributed by atoms with Gasteiger partial charge in [0.1, 0.15) is 11.7 Å². The van der Waals surface area contributed by atoms with E-state index in [1.54, 1.807) is 6.92 Å². The summed E-state index contributed by atoms with van der Waals surface area (Å²) >= 11 is 0. The number of hydrogen-bond acceptors (Lipinski definition) is 4. The van der Waals surface area contributed by atoms with Crippen LogP contribution in [0.5, 0.6) is 0 Å². The Bertz CT molecular complexity index is 380. The van der Waals surface area contributed by atoms with Gasteiger partial charge in [0, 0.05) is 24.5 Å². The Morgan fingerprint density at radius 3 is 2.63 bits per heavy atom. The Morgan fingerprint density at radius 2 is 1.89 bits per heavy atom. The Hall–Kier alpha value is -0.900. The molecule has 0 spiro atoms. The van der Waals surface area contributed by atoms with Gasteiger partial charge < -0.3 is 4.74 Å². The SMILES string of the molecule is CCOC(=O)[C@@H]1C(=O)C[C@H]2CCC[C@H]3CCC[C@@H]1N32. The highest BCUT2D eigenvalue weighted by atomic mass is 16.5. The largest absolute Gasteiger partial charge is 0.465 e. The lowest BCUT2D eigenvalue weighted by atomic mass is 9.73. The van der Waals surface area contributed by atoms with Crippen molar-refractivity contribution in [3.63, 3.8) is 0 Å². The molecule has 0 bridgehead atoms. The fourth-order valence-electron chi connectivity index (χ4n) is 4.37. The molecule has 0 amide bonds. The quantitative estimate of drug-likeness (QED) is 0.565. The molecular weight excluding hydrogens is 242 g/mol. The van der Waals surface area contributed by atoms with Gasteiger partial charge in [0.15, 0.2) is 0 Å². The third-order valence-corrected chi connectivity index (χ3v) is 5.05. The molecule has 3 aliphatic heterocycles. The van der Waals surface area contributed by atoms with Crippen LogP contribution in [0.3, 0.4) is 0 Å². The average Bonchev–Trinajstić information content (AvgIpc) is 2.39. The molecule has 106 valence electrons. The van der Waals surface area contributed by atoms with Gasteiger partial charge in [0.2, 0.25) is 0 Å². The molecule has 0 unspecified atom stereocenters. The first kappa shape index (κ1) is 13.1. The summed E-state index contributed by atoms with van der Waals surface area (Å²) in [6.45, 7) is 2.17. The van der Waals surface area contributed by atoms with Gasteiger partial charge in [-0.3, -0.25) is 14.5 Å². The first-order chi connectivity index (χ1) is 9.22. The maximum Gasteiger partial charge on any atom is 0.318 e. The summed E-state index contributed by atoms with van der Waals surface area (Å²) in [5, 5.41) is 0. The van der Waals surface area contributed by atoms with E-state index < -0.39 is 5.92 Å². The van der Waals surface area contributed by atoms with E-state index in [2.05, 4.69) is 4.90 Å². The molecule has 0 aliphatic carbocycles. The Kier molecular flexibility index (Phi) is 3.61. The highest BCUT2D eigenvalue weighted by Crippen LogP contribution is 2.41. The lowest BCUT2D eigenvalue weighted by Crippen LogP contribution is -2.63. The van der Waals surface area contributed by atoms with E-state index in [1.165, 1.54) is 19.3 Å². The molecule has 4 atom stereocenters. The highest BCUT2D eigenvalue weighted by Gasteiger charge is 2.50. The van der Waals surface area contributed by atoms with E-state index in [0.29, 0.717) is 25.1 Å². The second-order valence-corrected chi connectivity index (χ2v) is 6.08. The average molecular weight is 265 g/mol. The number of rotatable bonds is 2. The molecule has 3 saturated heterocycles. The maximum atomic E-state index is 12.3. The lowest BCUT2D eigenvalue weighted by Gasteiger charge is -2.54. The number of carbonyl (C=O) groups excluding carboxylic acids is 2. The highest BCUT2D eigenvalue weighted by molar-refractivity contribution is 6.00. The minimum Gasteiger partial charge on any atom is -0.465 e. The van der Waals surface area contributed by atoms with E-state index in [-0.39, 0.29) is 17.8 Å². The molecule has 0 radical (unpaired) electrons. The minimum atomic E-state index is -0.517. The van der Waals surface area contributed by atoms with E-state index >= 15 is 0 Å². The van der Waals surface area contributed by atoms with Gasteiger partial charge in [-0.15, -0.1) is 0 Å². The number of ether oxygens (including phenoxy) is 1. The number of hydrogen-bond donors (Lipinski definition) is 0. The van der Waals surface area contributed by atoms with E-state index in [4.69, 9.17) is 4.74 Å². The minimum absolute atomic E-state index is 0.115. The summed E-state index contributed by atoms with van der Waals surface area (Å²) in [7, 11) is 0. The number of esters is 1. The van der Waals surface area contributed by atoms with Crippen LogP contribution in [0.1, 0.15) is 51.9 Å². The van der Waals surface area contributed by atoms with Crippen LogP contribution in [0.2, 0.25) is 0 Å². The fourth-order valence-corrected chi connectivity index (χ4v) is 4.37. The summed E-state index contributed by atoms with van der Waals surface area (Å²) in [5.74, 6) is -0.688. The van der Waals surface area contributed by atoms with Crippen molar-refractivity contribution in [1.82, 2.24) is 4.90 Å². The third-order valence-electron chi connectivity index (χ3n) is 5.05. The molecule has 0 aromatic rings. The molecule has 0 aromatic heterocycles. The van der Waals surface area contributed by atoms with Gasteiger partial charge in [-0.1, -0.05) is 12.8 Å². The van der Waals surface area contributed by atoms with Crippen LogP contribution in [-0.4, -0.2) is 41.4 Å².